The number of fused-ring (bicyclic) bond motifs is 1. The lowest BCUT2D eigenvalue weighted by Crippen LogP contribution is -2.38. The third kappa shape index (κ3) is 6.85. The van der Waals surface area contributed by atoms with Crippen molar-refractivity contribution in [2.45, 2.75) is 51.1 Å². The number of hydrogen-bond donors (Lipinski definition) is 1. The zero-order valence-corrected chi connectivity index (χ0v) is 22.2. The lowest BCUT2D eigenvalue weighted by atomic mass is 10.0. The highest BCUT2D eigenvalue weighted by molar-refractivity contribution is 5.90. The summed E-state index contributed by atoms with van der Waals surface area (Å²) in [4.78, 5) is 16.9. The third-order valence-electron chi connectivity index (χ3n) is 7.62. The van der Waals surface area contributed by atoms with Crippen molar-refractivity contribution < 1.29 is 18.3 Å². The number of ether oxygens (including phenoxy) is 2. The lowest BCUT2D eigenvalue weighted by Gasteiger charge is -2.33. The molecular formula is C30H38FN3O4. The Hall–Kier alpha value is -3.10. The normalized spacial score (nSPS) is 17.5. The average Bonchev–Trinajstić information content (AvgIpc) is 2.93. The molecule has 0 amide bonds. The standard InChI is InChI=1S/C30H38FN3O4/c1-36-24-7-9-28-25(19-24)27(20-30(35)38-28)32-23-10-15-34(16-11-23)21-22-6-8-29(26(31)18-22)37-17-5-14-33-12-3-2-4-13-33/h6-9,18-20,23,32H,2-5,10-17,21H2,1H3. The maximum atomic E-state index is 14.7. The second-order valence-corrected chi connectivity index (χ2v) is 10.4. The molecule has 0 spiro atoms. The molecule has 7 nitrogen and oxygen atoms in total. The number of rotatable bonds is 10. The van der Waals surface area contributed by atoms with Gasteiger partial charge in [-0.15, -0.1) is 0 Å². The molecule has 8 heteroatoms. The summed E-state index contributed by atoms with van der Waals surface area (Å²) in [5, 5.41) is 4.37. The minimum Gasteiger partial charge on any atom is -0.497 e. The minimum atomic E-state index is -0.376. The zero-order valence-electron chi connectivity index (χ0n) is 22.2. The van der Waals surface area contributed by atoms with E-state index in [2.05, 4.69) is 15.1 Å². The van der Waals surface area contributed by atoms with Crippen LogP contribution >= 0.6 is 0 Å². The fourth-order valence-electron chi connectivity index (χ4n) is 5.51. The first-order valence-corrected chi connectivity index (χ1v) is 13.8. The van der Waals surface area contributed by atoms with Crippen LogP contribution in [0.4, 0.5) is 10.1 Å². The molecule has 2 aliphatic rings. The molecule has 0 radical (unpaired) electrons. The van der Waals surface area contributed by atoms with E-state index in [9.17, 15) is 9.18 Å². The molecule has 2 aliphatic heterocycles. The van der Waals surface area contributed by atoms with E-state index in [1.165, 1.54) is 38.4 Å². The van der Waals surface area contributed by atoms with Gasteiger partial charge in [-0.05, 0) is 81.1 Å². The molecule has 2 fully saturated rings. The van der Waals surface area contributed by atoms with Crippen LogP contribution in [-0.2, 0) is 6.54 Å². The van der Waals surface area contributed by atoms with Gasteiger partial charge in [0.25, 0.3) is 0 Å². The van der Waals surface area contributed by atoms with E-state index < -0.39 is 0 Å². The Bertz CT molecular complexity index is 1270. The summed E-state index contributed by atoms with van der Waals surface area (Å²) in [7, 11) is 1.62. The molecular weight excluding hydrogens is 485 g/mol. The average molecular weight is 524 g/mol. The second kappa shape index (κ2) is 12.6. The molecule has 3 aromatic rings. The van der Waals surface area contributed by atoms with Crippen LogP contribution < -0.4 is 20.4 Å². The van der Waals surface area contributed by atoms with Crippen molar-refractivity contribution in [2.75, 3.05) is 51.8 Å². The Morgan fingerprint density at radius 2 is 1.82 bits per heavy atom. The van der Waals surface area contributed by atoms with Crippen molar-refractivity contribution in [1.82, 2.24) is 9.80 Å². The summed E-state index contributed by atoms with van der Waals surface area (Å²) < 4.78 is 31.1. The van der Waals surface area contributed by atoms with Crippen molar-refractivity contribution in [3.8, 4) is 11.5 Å². The zero-order chi connectivity index (χ0) is 26.3. The van der Waals surface area contributed by atoms with Crippen LogP contribution in [0.2, 0.25) is 0 Å². The molecule has 2 saturated heterocycles. The van der Waals surface area contributed by atoms with E-state index >= 15 is 0 Å². The third-order valence-corrected chi connectivity index (χ3v) is 7.62. The van der Waals surface area contributed by atoms with E-state index in [4.69, 9.17) is 13.9 Å². The van der Waals surface area contributed by atoms with Gasteiger partial charge in [-0.3, -0.25) is 4.90 Å². The highest BCUT2D eigenvalue weighted by Gasteiger charge is 2.21. The van der Waals surface area contributed by atoms with Crippen molar-refractivity contribution >= 4 is 16.7 Å². The van der Waals surface area contributed by atoms with Crippen LogP contribution in [0.5, 0.6) is 11.5 Å². The fourth-order valence-corrected chi connectivity index (χ4v) is 5.51. The van der Waals surface area contributed by atoms with Gasteiger partial charge in [-0.25, -0.2) is 9.18 Å². The number of likely N-dealkylation sites (tertiary alicyclic amines) is 2. The summed E-state index contributed by atoms with van der Waals surface area (Å²) in [5.74, 6) is 0.763. The number of methoxy groups -OCH3 is 1. The number of hydrogen-bond acceptors (Lipinski definition) is 7. The Kier molecular flexibility index (Phi) is 8.81. The smallest absolute Gasteiger partial charge is 0.338 e. The number of nitrogens with zero attached hydrogens (tertiary/aromatic N) is 2. The SMILES string of the molecule is COc1ccc2oc(=O)cc(NC3CCN(Cc4ccc(OCCCN5CCCCC5)c(F)c4)CC3)c2c1. The quantitative estimate of drug-likeness (QED) is 0.287. The number of halogens is 1. The van der Waals surface area contributed by atoms with E-state index in [-0.39, 0.29) is 17.5 Å². The predicted octanol–water partition coefficient (Wildman–Crippen LogP) is 5.27. The Balaban J connectivity index is 1.10. The molecule has 1 aromatic heterocycles. The van der Waals surface area contributed by atoms with Crippen LogP contribution in [0.25, 0.3) is 11.0 Å². The van der Waals surface area contributed by atoms with E-state index in [1.54, 1.807) is 31.4 Å². The number of nitrogens with one attached hydrogen (secondary N) is 1. The van der Waals surface area contributed by atoms with Gasteiger partial charge in [0.2, 0.25) is 0 Å². The molecule has 0 aliphatic carbocycles. The van der Waals surface area contributed by atoms with Gasteiger partial charge in [0.1, 0.15) is 11.3 Å². The highest BCUT2D eigenvalue weighted by Crippen LogP contribution is 2.28. The van der Waals surface area contributed by atoms with Gasteiger partial charge in [0.05, 0.1) is 19.4 Å². The molecule has 0 atom stereocenters. The lowest BCUT2D eigenvalue weighted by molar-refractivity contribution is 0.202. The highest BCUT2D eigenvalue weighted by atomic mass is 19.1. The molecule has 2 aromatic carbocycles. The van der Waals surface area contributed by atoms with Crippen molar-refractivity contribution in [3.63, 3.8) is 0 Å². The van der Waals surface area contributed by atoms with E-state index in [0.29, 0.717) is 30.2 Å². The van der Waals surface area contributed by atoms with Crippen LogP contribution in [0.15, 0.2) is 51.7 Å². The summed E-state index contributed by atoms with van der Waals surface area (Å²) in [6.07, 6.45) is 6.66. The summed E-state index contributed by atoms with van der Waals surface area (Å²) in [5.41, 5.74) is 1.88. The van der Waals surface area contributed by atoms with Crippen molar-refractivity contribution in [1.29, 1.82) is 0 Å². The number of piperidine rings is 2. The monoisotopic (exact) mass is 523 g/mol. The van der Waals surface area contributed by atoms with E-state index in [0.717, 1.165) is 55.5 Å². The molecule has 0 bridgehead atoms. The molecule has 3 heterocycles. The first-order chi connectivity index (χ1) is 18.6. The van der Waals surface area contributed by atoms with Crippen LogP contribution in [-0.4, -0.2) is 62.3 Å². The Morgan fingerprint density at radius 3 is 2.58 bits per heavy atom. The van der Waals surface area contributed by atoms with Gasteiger partial charge in [0, 0.05) is 43.7 Å². The van der Waals surface area contributed by atoms with Gasteiger partial charge < -0.3 is 24.1 Å². The predicted molar refractivity (Wildman–Crippen MR) is 148 cm³/mol. The van der Waals surface area contributed by atoms with Gasteiger partial charge >= 0.3 is 5.63 Å². The van der Waals surface area contributed by atoms with Crippen molar-refractivity contribution in [3.05, 3.63) is 64.3 Å². The molecule has 0 saturated carbocycles. The Morgan fingerprint density at radius 1 is 1.00 bits per heavy atom. The summed E-state index contributed by atoms with van der Waals surface area (Å²) >= 11 is 0. The molecule has 5 rings (SSSR count). The molecule has 204 valence electrons. The number of benzene rings is 2. The first-order valence-electron chi connectivity index (χ1n) is 13.8. The summed E-state index contributed by atoms with van der Waals surface area (Å²) in [6, 6.07) is 12.5. The van der Waals surface area contributed by atoms with Gasteiger partial charge in [-0.1, -0.05) is 12.5 Å². The second-order valence-electron chi connectivity index (χ2n) is 10.4. The summed E-state index contributed by atoms with van der Waals surface area (Å²) in [6.45, 7) is 6.38. The molecule has 1 N–H and O–H groups in total. The van der Waals surface area contributed by atoms with Crippen molar-refractivity contribution in [2.24, 2.45) is 0 Å². The molecule has 38 heavy (non-hydrogen) atoms. The fraction of sp³-hybridized carbons (Fsp3) is 0.500. The van der Waals surface area contributed by atoms with E-state index in [1.807, 2.05) is 12.1 Å². The largest absolute Gasteiger partial charge is 0.497 e. The van der Waals surface area contributed by atoms with Crippen LogP contribution in [0.1, 0.15) is 44.1 Å². The number of anilines is 1. The maximum absolute atomic E-state index is 14.7. The molecule has 0 unspecified atom stereocenters. The first kappa shape index (κ1) is 26.5. The topological polar surface area (TPSA) is 67.2 Å². The van der Waals surface area contributed by atoms with Crippen LogP contribution in [0, 0.1) is 5.82 Å². The van der Waals surface area contributed by atoms with Gasteiger partial charge in [-0.2, -0.15) is 0 Å². The Labute approximate surface area is 223 Å². The van der Waals surface area contributed by atoms with Gasteiger partial charge in [0.15, 0.2) is 11.6 Å². The maximum Gasteiger partial charge on any atom is 0.338 e. The minimum absolute atomic E-state index is 0.236. The van der Waals surface area contributed by atoms with Crippen LogP contribution in [0.3, 0.4) is 0 Å².